The number of anilines is 2. The number of aryl methyl sites for hydroxylation is 1. The first-order chi connectivity index (χ1) is 15.0. The number of aromatic nitrogens is 3. The van der Waals surface area contributed by atoms with Crippen LogP contribution in [0.15, 0.2) is 48.9 Å². The van der Waals surface area contributed by atoms with Gasteiger partial charge in [0.1, 0.15) is 5.82 Å². The van der Waals surface area contributed by atoms with E-state index in [2.05, 4.69) is 58.1 Å². The number of carbonyl (C=O) groups excluding carboxylic acids is 1. The van der Waals surface area contributed by atoms with Crippen molar-refractivity contribution in [3.63, 3.8) is 0 Å². The van der Waals surface area contributed by atoms with Crippen LogP contribution in [0.1, 0.15) is 37.4 Å². The van der Waals surface area contributed by atoms with Crippen LogP contribution in [0.4, 0.5) is 11.5 Å². The molecule has 0 radical (unpaired) electrons. The van der Waals surface area contributed by atoms with Crippen LogP contribution in [0.5, 0.6) is 0 Å². The summed E-state index contributed by atoms with van der Waals surface area (Å²) in [5, 5.41) is 11.2. The van der Waals surface area contributed by atoms with Crippen LogP contribution in [0.3, 0.4) is 0 Å². The van der Waals surface area contributed by atoms with E-state index in [0.29, 0.717) is 0 Å². The molecule has 0 aliphatic carbocycles. The van der Waals surface area contributed by atoms with Crippen LogP contribution < -0.4 is 15.5 Å². The minimum atomic E-state index is 0. The number of benzene rings is 1. The number of fused-ring (bicyclic) bond motifs is 1. The Morgan fingerprint density at radius 3 is 2.69 bits per heavy atom. The summed E-state index contributed by atoms with van der Waals surface area (Å²) < 4.78 is 1.95. The lowest BCUT2D eigenvalue weighted by molar-refractivity contribution is -0.117. The van der Waals surface area contributed by atoms with Crippen molar-refractivity contribution < 1.29 is 4.79 Å². The topological polar surface area (TPSA) is 75.1 Å². The molecule has 170 valence electrons. The van der Waals surface area contributed by atoms with Gasteiger partial charge in [0.25, 0.3) is 0 Å². The predicted octanol–water partition coefficient (Wildman–Crippen LogP) is 4.19. The zero-order chi connectivity index (χ0) is 22.0. The third kappa shape index (κ3) is 4.95. The molecular weight excluding hydrogens is 424 g/mol. The van der Waals surface area contributed by atoms with E-state index in [1.165, 1.54) is 0 Å². The molecule has 2 atom stereocenters. The largest absolute Gasteiger partial charge is 0.363 e. The van der Waals surface area contributed by atoms with Crippen molar-refractivity contribution in [2.24, 2.45) is 0 Å². The van der Waals surface area contributed by atoms with Crippen LogP contribution in [0.2, 0.25) is 0 Å². The van der Waals surface area contributed by atoms with Gasteiger partial charge in [-0.3, -0.25) is 9.48 Å². The maximum atomic E-state index is 12.4. The molecule has 0 saturated heterocycles. The van der Waals surface area contributed by atoms with E-state index < -0.39 is 0 Å². The van der Waals surface area contributed by atoms with Gasteiger partial charge in [-0.05, 0) is 62.2 Å². The van der Waals surface area contributed by atoms with Gasteiger partial charge in [-0.1, -0.05) is 12.1 Å². The number of halogens is 1. The number of rotatable bonds is 6. The van der Waals surface area contributed by atoms with E-state index >= 15 is 0 Å². The quantitative estimate of drug-likeness (QED) is 0.584. The summed E-state index contributed by atoms with van der Waals surface area (Å²) in [6, 6.07) is 10.5. The molecule has 0 saturated carbocycles. The van der Waals surface area contributed by atoms with Crippen molar-refractivity contribution in [1.29, 1.82) is 0 Å². The number of nitrogens with one attached hydrogen (secondary N) is 2. The smallest absolute Gasteiger partial charge is 0.224 e. The monoisotopic (exact) mass is 454 g/mol. The molecule has 1 aliphatic heterocycles. The molecule has 3 heterocycles. The third-order valence-corrected chi connectivity index (χ3v) is 5.81. The minimum Gasteiger partial charge on any atom is -0.363 e. The van der Waals surface area contributed by atoms with Gasteiger partial charge >= 0.3 is 0 Å². The van der Waals surface area contributed by atoms with Gasteiger partial charge < -0.3 is 15.5 Å². The number of pyridine rings is 1. The second-order valence-corrected chi connectivity index (χ2v) is 8.26. The molecule has 0 bridgehead atoms. The van der Waals surface area contributed by atoms with Crippen LogP contribution in [-0.2, 0) is 11.3 Å². The molecule has 32 heavy (non-hydrogen) atoms. The highest BCUT2D eigenvalue weighted by atomic mass is 35.5. The molecule has 3 aromatic rings. The molecule has 0 spiro atoms. The van der Waals surface area contributed by atoms with Crippen molar-refractivity contribution in [1.82, 2.24) is 20.1 Å². The molecule has 1 aromatic carbocycles. The fourth-order valence-corrected chi connectivity index (χ4v) is 4.25. The molecule has 0 unspecified atom stereocenters. The van der Waals surface area contributed by atoms with E-state index in [1.807, 2.05) is 42.0 Å². The Hall–Kier alpha value is -2.90. The molecule has 2 aromatic heterocycles. The SMILES string of the molecule is CNCCn1cc(-c2ccc3c(c2)[C@H](Nc2ccc(C)cn2)C[C@H](C)N3C(C)=O)cn1.Cl. The van der Waals surface area contributed by atoms with Crippen LogP contribution >= 0.6 is 12.4 Å². The van der Waals surface area contributed by atoms with Gasteiger partial charge in [0.2, 0.25) is 5.91 Å². The van der Waals surface area contributed by atoms with Gasteiger partial charge in [-0.15, -0.1) is 12.4 Å². The number of hydrogen-bond donors (Lipinski definition) is 2. The van der Waals surface area contributed by atoms with Crippen LogP contribution in [0.25, 0.3) is 11.1 Å². The van der Waals surface area contributed by atoms with Gasteiger partial charge in [0.05, 0.1) is 18.8 Å². The van der Waals surface area contributed by atoms with Crippen molar-refractivity contribution in [3.05, 3.63) is 60.0 Å². The molecule has 8 heteroatoms. The molecule has 7 nitrogen and oxygen atoms in total. The van der Waals surface area contributed by atoms with Gasteiger partial charge in [0.15, 0.2) is 0 Å². The van der Waals surface area contributed by atoms with E-state index in [4.69, 9.17) is 0 Å². The van der Waals surface area contributed by atoms with E-state index in [1.54, 1.807) is 6.92 Å². The summed E-state index contributed by atoms with van der Waals surface area (Å²) >= 11 is 0. The van der Waals surface area contributed by atoms with Crippen LogP contribution in [-0.4, -0.2) is 40.3 Å². The van der Waals surface area contributed by atoms with Crippen molar-refractivity contribution >= 4 is 29.8 Å². The van der Waals surface area contributed by atoms with E-state index in [-0.39, 0.29) is 30.4 Å². The lowest BCUT2D eigenvalue weighted by Crippen LogP contribution is -2.43. The molecule has 4 rings (SSSR count). The maximum Gasteiger partial charge on any atom is 0.224 e. The number of carbonyl (C=O) groups is 1. The molecule has 1 aliphatic rings. The zero-order valence-corrected chi connectivity index (χ0v) is 19.8. The lowest BCUT2D eigenvalue weighted by atomic mass is 9.89. The first-order valence-corrected chi connectivity index (χ1v) is 10.8. The third-order valence-electron chi connectivity index (χ3n) is 5.81. The first-order valence-electron chi connectivity index (χ1n) is 10.8. The zero-order valence-electron chi connectivity index (χ0n) is 19.0. The van der Waals surface area contributed by atoms with E-state index in [9.17, 15) is 4.79 Å². The summed E-state index contributed by atoms with van der Waals surface area (Å²) in [7, 11) is 1.94. The fraction of sp³-hybridized carbons (Fsp3) is 0.375. The highest BCUT2D eigenvalue weighted by Gasteiger charge is 2.32. The Balaban J connectivity index is 0.00000289. The second-order valence-electron chi connectivity index (χ2n) is 8.26. The second kappa shape index (κ2) is 10.1. The van der Waals surface area contributed by atoms with Gasteiger partial charge in [0, 0.05) is 43.2 Å². The average molecular weight is 455 g/mol. The molecule has 1 amide bonds. The molecule has 0 fully saturated rings. The van der Waals surface area contributed by atoms with Crippen molar-refractivity contribution in [3.8, 4) is 11.1 Å². The normalized spacial score (nSPS) is 17.4. The summed E-state index contributed by atoms with van der Waals surface area (Å²) in [5.74, 6) is 0.906. The number of hydrogen-bond acceptors (Lipinski definition) is 5. The Kier molecular flexibility index (Phi) is 7.53. The Labute approximate surface area is 195 Å². The van der Waals surface area contributed by atoms with Gasteiger partial charge in [-0.25, -0.2) is 4.98 Å². The Morgan fingerprint density at radius 2 is 2.00 bits per heavy atom. The summed E-state index contributed by atoms with van der Waals surface area (Å²) in [6.45, 7) is 7.45. The van der Waals surface area contributed by atoms with Crippen molar-refractivity contribution in [2.45, 2.75) is 45.8 Å². The Bertz CT molecular complexity index is 1060. The maximum absolute atomic E-state index is 12.4. The predicted molar refractivity (Wildman–Crippen MR) is 131 cm³/mol. The highest BCUT2D eigenvalue weighted by molar-refractivity contribution is 5.94. The number of amides is 1. The average Bonchev–Trinajstić information content (AvgIpc) is 3.22. The van der Waals surface area contributed by atoms with Gasteiger partial charge in [-0.2, -0.15) is 5.10 Å². The number of nitrogens with zero attached hydrogens (tertiary/aromatic N) is 4. The van der Waals surface area contributed by atoms with Crippen molar-refractivity contribution in [2.75, 3.05) is 23.8 Å². The summed E-state index contributed by atoms with van der Waals surface area (Å²) in [6.07, 6.45) is 6.65. The molecular formula is C24H31ClN6O. The fourth-order valence-electron chi connectivity index (χ4n) is 4.25. The van der Waals surface area contributed by atoms with Crippen LogP contribution in [0, 0.1) is 6.92 Å². The lowest BCUT2D eigenvalue weighted by Gasteiger charge is -2.39. The summed E-state index contributed by atoms with van der Waals surface area (Å²) in [4.78, 5) is 18.8. The Morgan fingerprint density at radius 1 is 1.19 bits per heavy atom. The molecule has 2 N–H and O–H groups in total. The van der Waals surface area contributed by atoms with E-state index in [0.717, 1.165) is 53.3 Å². The highest BCUT2D eigenvalue weighted by Crippen LogP contribution is 2.40. The summed E-state index contributed by atoms with van der Waals surface area (Å²) in [5.41, 5.74) is 5.36. The standard InChI is InChI=1S/C24H30N6O.ClH/c1-16-5-8-24(26-13-16)28-22-11-17(2)30(18(3)31)23-7-6-19(12-21(22)23)20-14-27-29(15-20)10-9-25-4;/h5-8,12-15,17,22,25H,9-11H2,1-4H3,(H,26,28);1H/t17-,22+;/m0./s1. The minimum absolute atomic E-state index is 0. The number of likely N-dealkylation sites (N-methyl/N-ethyl adjacent to an activating group) is 1. The first kappa shape index (κ1) is 23.8.